The summed E-state index contributed by atoms with van der Waals surface area (Å²) in [7, 11) is -3.33. The number of allylic oxidation sites excluding steroid dienone is 1. The minimum atomic E-state index is -3.33. The third-order valence-electron chi connectivity index (χ3n) is 4.48. The summed E-state index contributed by atoms with van der Waals surface area (Å²) >= 11 is 0. The molecule has 3 atom stereocenters. The van der Waals surface area contributed by atoms with Crippen LogP contribution in [0.4, 0.5) is 0 Å². The molecule has 0 unspecified atom stereocenters. The Hall–Kier alpha value is -1.13. The highest BCUT2D eigenvalue weighted by Gasteiger charge is 2.39. The van der Waals surface area contributed by atoms with Crippen molar-refractivity contribution in [3.05, 3.63) is 42.0 Å². The molecular formula is C16H21NO2S. The molecule has 3 nitrogen and oxygen atoms in total. The molecule has 1 heterocycles. The maximum atomic E-state index is 12.7. The average Bonchev–Trinajstić information content (AvgIpc) is 2.83. The molecule has 20 heavy (non-hydrogen) atoms. The molecule has 1 saturated heterocycles. The van der Waals surface area contributed by atoms with Crippen LogP contribution in [0.1, 0.15) is 18.9 Å². The van der Waals surface area contributed by atoms with Gasteiger partial charge >= 0.3 is 0 Å². The zero-order valence-electron chi connectivity index (χ0n) is 12.0. The molecule has 0 radical (unpaired) electrons. The lowest BCUT2D eigenvalue weighted by atomic mass is 9.82. The lowest BCUT2D eigenvalue weighted by Crippen LogP contribution is -2.29. The predicted molar refractivity (Wildman–Crippen MR) is 79.8 cm³/mol. The van der Waals surface area contributed by atoms with Crippen molar-refractivity contribution in [1.82, 2.24) is 4.31 Å². The summed E-state index contributed by atoms with van der Waals surface area (Å²) in [6.07, 6.45) is 5.54. The Kier molecular flexibility index (Phi) is 3.46. The molecule has 0 saturated carbocycles. The second kappa shape index (κ2) is 5.01. The lowest BCUT2D eigenvalue weighted by Gasteiger charge is -2.22. The van der Waals surface area contributed by atoms with Gasteiger partial charge in [-0.2, -0.15) is 4.31 Å². The van der Waals surface area contributed by atoms with Gasteiger partial charge in [0.2, 0.25) is 10.0 Å². The van der Waals surface area contributed by atoms with E-state index in [4.69, 9.17) is 0 Å². The maximum absolute atomic E-state index is 12.7. The van der Waals surface area contributed by atoms with Gasteiger partial charge in [-0.05, 0) is 43.2 Å². The molecule has 1 fully saturated rings. The Morgan fingerprint density at radius 2 is 1.80 bits per heavy atom. The Morgan fingerprint density at radius 1 is 1.10 bits per heavy atom. The minimum absolute atomic E-state index is 0.395. The molecule has 3 rings (SSSR count). The van der Waals surface area contributed by atoms with E-state index in [2.05, 4.69) is 19.1 Å². The highest BCUT2D eigenvalue weighted by molar-refractivity contribution is 7.89. The van der Waals surface area contributed by atoms with Gasteiger partial charge < -0.3 is 0 Å². The van der Waals surface area contributed by atoms with E-state index in [1.165, 1.54) is 0 Å². The van der Waals surface area contributed by atoms with Crippen molar-refractivity contribution in [2.45, 2.75) is 25.2 Å². The van der Waals surface area contributed by atoms with Gasteiger partial charge in [-0.3, -0.25) is 0 Å². The second-order valence-corrected chi connectivity index (χ2v) is 8.09. The van der Waals surface area contributed by atoms with Gasteiger partial charge in [0.1, 0.15) is 0 Å². The summed E-state index contributed by atoms with van der Waals surface area (Å²) < 4.78 is 27.0. The largest absolute Gasteiger partial charge is 0.243 e. The van der Waals surface area contributed by atoms with Crippen molar-refractivity contribution in [2.75, 3.05) is 13.1 Å². The van der Waals surface area contributed by atoms with Crippen molar-refractivity contribution in [1.29, 1.82) is 0 Å². The number of sulfonamides is 1. The summed E-state index contributed by atoms with van der Waals surface area (Å²) in [4.78, 5) is 0.416. The molecule has 1 aromatic carbocycles. The number of aryl methyl sites for hydroxylation is 1. The van der Waals surface area contributed by atoms with Gasteiger partial charge in [0.15, 0.2) is 0 Å². The summed E-state index contributed by atoms with van der Waals surface area (Å²) in [6, 6.07) is 7.15. The van der Waals surface area contributed by atoms with Crippen LogP contribution in [-0.2, 0) is 10.0 Å². The van der Waals surface area contributed by atoms with E-state index in [1.54, 1.807) is 16.4 Å². The molecule has 0 N–H and O–H groups in total. The standard InChI is InChI=1S/C16H21NO2S/c1-12-4-7-16(8-5-12)20(18,19)17-10-14-6-3-13(2)9-15(14)11-17/h3-8,13-15H,9-11H2,1-2H3/t13-,14-,15+/m1/s1. The molecule has 4 heteroatoms. The normalized spacial score (nSPS) is 30.4. The molecule has 0 aromatic heterocycles. The molecular weight excluding hydrogens is 270 g/mol. The van der Waals surface area contributed by atoms with Crippen molar-refractivity contribution < 1.29 is 8.42 Å². The number of hydrogen-bond acceptors (Lipinski definition) is 2. The topological polar surface area (TPSA) is 37.4 Å². The Morgan fingerprint density at radius 3 is 2.50 bits per heavy atom. The summed E-state index contributed by atoms with van der Waals surface area (Å²) in [6.45, 7) is 5.45. The first-order valence-corrected chi connectivity index (χ1v) is 8.66. The van der Waals surface area contributed by atoms with E-state index in [0.29, 0.717) is 35.7 Å². The Balaban J connectivity index is 1.83. The van der Waals surface area contributed by atoms with Crippen LogP contribution in [0.15, 0.2) is 41.3 Å². The van der Waals surface area contributed by atoms with Gasteiger partial charge in [0, 0.05) is 13.1 Å². The first kappa shape index (κ1) is 13.8. The number of rotatable bonds is 2. The van der Waals surface area contributed by atoms with E-state index >= 15 is 0 Å². The van der Waals surface area contributed by atoms with Crippen LogP contribution in [0.5, 0.6) is 0 Å². The maximum Gasteiger partial charge on any atom is 0.243 e. The first-order valence-electron chi connectivity index (χ1n) is 7.22. The van der Waals surface area contributed by atoms with Gasteiger partial charge in [-0.1, -0.05) is 36.8 Å². The molecule has 1 aliphatic carbocycles. The molecule has 0 spiro atoms. The minimum Gasteiger partial charge on any atom is -0.207 e. The van der Waals surface area contributed by atoms with Gasteiger partial charge in [-0.15, -0.1) is 0 Å². The fourth-order valence-electron chi connectivity index (χ4n) is 3.27. The first-order chi connectivity index (χ1) is 9.46. The van der Waals surface area contributed by atoms with E-state index in [-0.39, 0.29) is 0 Å². The van der Waals surface area contributed by atoms with Gasteiger partial charge in [0.05, 0.1) is 4.90 Å². The lowest BCUT2D eigenvalue weighted by molar-refractivity contribution is 0.380. The van der Waals surface area contributed by atoms with Gasteiger partial charge in [0.25, 0.3) is 0 Å². The smallest absolute Gasteiger partial charge is 0.207 e. The van der Waals surface area contributed by atoms with Crippen LogP contribution < -0.4 is 0 Å². The van der Waals surface area contributed by atoms with Crippen LogP contribution in [0.25, 0.3) is 0 Å². The van der Waals surface area contributed by atoms with E-state index in [9.17, 15) is 8.42 Å². The van der Waals surface area contributed by atoms with Crippen molar-refractivity contribution in [3.8, 4) is 0 Å². The molecule has 1 aromatic rings. The van der Waals surface area contributed by atoms with Crippen molar-refractivity contribution in [3.63, 3.8) is 0 Å². The molecule has 0 amide bonds. The van der Waals surface area contributed by atoms with Crippen LogP contribution in [-0.4, -0.2) is 25.8 Å². The number of nitrogens with zero attached hydrogens (tertiary/aromatic N) is 1. The molecule has 108 valence electrons. The van der Waals surface area contributed by atoms with Crippen LogP contribution >= 0.6 is 0 Å². The Labute approximate surface area is 121 Å². The molecule has 1 aliphatic heterocycles. The Bertz CT molecular complexity index is 618. The summed E-state index contributed by atoms with van der Waals surface area (Å²) in [5, 5.41) is 0. The SMILES string of the molecule is Cc1ccc(S(=O)(=O)N2C[C@@H]3C[C@H](C)C=C[C@@H]3C2)cc1. The van der Waals surface area contributed by atoms with E-state index in [0.717, 1.165) is 12.0 Å². The predicted octanol–water partition coefficient (Wildman–Crippen LogP) is 2.83. The van der Waals surface area contributed by atoms with Crippen LogP contribution in [0.3, 0.4) is 0 Å². The van der Waals surface area contributed by atoms with E-state index in [1.807, 2.05) is 19.1 Å². The monoisotopic (exact) mass is 291 g/mol. The highest BCUT2D eigenvalue weighted by atomic mass is 32.2. The third-order valence-corrected chi connectivity index (χ3v) is 6.32. The summed E-state index contributed by atoms with van der Waals surface area (Å²) in [5.74, 6) is 1.44. The number of hydrogen-bond donors (Lipinski definition) is 0. The quantitative estimate of drug-likeness (QED) is 0.786. The second-order valence-electron chi connectivity index (χ2n) is 6.16. The number of fused-ring (bicyclic) bond motifs is 1. The highest BCUT2D eigenvalue weighted by Crippen LogP contribution is 2.36. The van der Waals surface area contributed by atoms with Crippen LogP contribution in [0.2, 0.25) is 0 Å². The molecule has 2 aliphatic rings. The fraction of sp³-hybridized carbons (Fsp3) is 0.500. The third kappa shape index (κ3) is 2.42. The fourth-order valence-corrected chi connectivity index (χ4v) is 4.80. The summed E-state index contributed by atoms with van der Waals surface area (Å²) in [5.41, 5.74) is 1.08. The van der Waals surface area contributed by atoms with Crippen molar-refractivity contribution >= 4 is 10.0 Å². The van der Waals surface area contributed by atoms with Crippen LogP contribution in [0, 0.1) is 24.7 Å². The average molecular weight is 291 g/mol. The van der Waals surface area contributed by atoms with Crippen molar-refractivity contribution in [2.24, 2.45) is 17.8 Å². The zero-order valence-corrected chi connectivity index (χ0v) is 12.8. The van der Waals surface area contributed by atoms with E-state index < -0.39 is 10.0 Å². The number of benzene rings is 1. The molecule has 0 bridgehead atoms. The van der Waals surface area contributed by atoms with Gasteiger partial charge in [-0.25, -0.2) is 8.42 Å². The zero-order chi connectivity index (χ0) is 14.3.